The molecule has 156 valence electrons. The average molecular weight is 395 g/mol. The SMILES string of the molecule is CCOC(=O)CCN(C(=O)OCC)[C@H](COCc1ccccc1)C(=O)OCC. The van der Waals surface area contributed by atoms with Crippen LogP contribution >= 0.6 is 0 Å². The lowest BCUT2D eigenvalue weighted by atomic mass is 10.2. The van der Waals surface area contributed by atoms with E-state index in [0.29, 0.717) is 0 Å². The molecule has 0 unspecified atom stereocenters. The van der Waals surface area contributed by atoms with Crippen LogP contribution in [0.4, 0.5) is 4.79 Å². The van der Waals surface area contributed by atoms with Crippen molar-refractivity contribution in [1.29, 1.82) is 0 Å². The lowest BCUT2D eigenvalue weighted by Gasteiger charge is -2.29. The Balaban J connectivity index is 2.86. The monoisotopic (exact) mass is 395 g/mol. The van der Waals surface area contributed by atoms with Crippen LogP contribution in [0.2, 0.25) is 0 Å². The van der Waals surface area contributed by atoms with Crippen LogP contribution in [0.1, 0.15) is 32.8 Å². The number of amides is 1. The minimum absolute atomic E-state index is 0.0458. The molecule has 1 aromatic carbocycles. The number of carbonyl (C=O) groups is 3. The molecule has 28 heavy (non-hydrogen) atoms. The van der Waals surface area contributed by atoms with Gasteiger partial charge < -0.3 is 18.9 Å². The van der Waals surface area contributed by atoms with E-state index >= 15 is 0 Å². The highest BCUT2D eigenvalue weighted by atomic mass is 16.6. The van der Waals surface area contributed by atoms with E-state index in [1.54, 1.807) is 20.8 Å². The summed E-state index contributed by atoms with van der Waals surface area (Å²) >= 11 is 0. The summed E-state index contributed by atoms with van der Waals surface area (Å²) in [7, 11) is 0. The third-order valence-corrected chi connectivity index (χ3v) is 3.69. The zero-order chi connectivity index (χ0) is 20.8. The van der Waals surface area contributed by atoms with Gasteiger partial charge in [0.2, 0.25) is 0 Å². The number of carbonyl (C=O) groups excluding carboxylic acids is 3. The van der Waals surface area contributed by atoms with Gasteiger partial charge in [-0.05, 0) is 26.3 Å². The summed E-state index contributed by atoms with van der Waals surface area (Å²) < 4.78 is 20.7. The molecule has 0 aliphatic rings. The number of nitrogens with zero attached hydrogens (tertiary/aromatic N) is 1. The van der Waals surface area contributed by atoms with Crippen LogP contribution in [-0.2, 0) is 35.1 Å². The summed E-state index contributed by atoms with van der Waals surface area (Å²) in [6.07, 6.45) is -0.783. The van der Waals surface area contributed by atoms with Gasteiger partial charge in [-0.25, -0.2) is 9.59 Å². The second-order valence-electron chi connectivity index (χ2n) is 5.72. The first-order chi connectivity index (χ1) is 13.5. The minimum atomic E-state index is -1.03. The number of hydrogen-bond donors (Lipinski definition) is 0. The van der Waals surface area contributed by atoms with Crippen molar-refractivity contribution in [2.75, 3.05) is 33.0 Å². The number of benzene rings is 1. The number of hydrogen-bond acceptors (Lipinski definition) is 7. The van der Waals surface area contributed by atoms with Crippen molar-refractivity contribution in [1.82, 2.24) is 4.90 Å². The smallest absolute Gasteiger partial charge is 0.410 e. The quantitative estimate of drug-likeness (QED) is 0.397. The standard InChI is InChI=1S/C20H29NO7/c1-4-26-18(22)12-13-21(20(24)28-6-3)17(19(23)27-5-2)15-25-14-16-10-8-7-9-11-16/h7-11,17H,4-6,12-15H2,1-3H3/t17-/m1/s1. The Morgan fingerprint density at radius 3 is 2.18 bits per heavy atom. The topological polar surface area (TPSA) is 91.4 Å². The van der Waals surface area contributed by atoms with Crippen molar-refractivity contribution in [3.8, 4) is 0 Å². The van der Waals surface area contributed by atoms with Gasteiger partial charge in [0.25, 0.3) is 0 Å². The first-order valence-electron chi connectivity index (χ1n) is 9.40. The maximum atomic E-state index is 12.4. The van der Waals surface area contributed by atoms with Crippen molar-refractivity contribution in [3.05, 3.63) is 35.9 Å². The van der Waals surface area contributed by atoms with Gasteiger partial charge in [-0.1, -0.05) is 30.3 Å². The van der Waals surface area contributed by atoms with E-state index in [2.05, 4.69) is 0 Å². The van der Waals surface area contributed by atoms with Crippen LogP contribution < -0.4 is 0 Å². The molecule has 0 heterocycles. The van der Waals surface area contributed by atoms with Gasteiger partial charge in [0.15, 0.2) is 6.04 Å². The fourth-order valence-corrected chi connectivity index (χ4v) is 2.41. The Kier molecular flexibility index (Phi) is 11.3. The van der Waals surface area contributed by atoms with E-state index in [-0.39, 0.29) is 46.0 Å². The van der Waals surface area contributed by atoms with Crippen LogP contribution in [-0.4, -0.2) is 61.9 Å². The molecule has 8 heteroatoms. The van der Waals surface area contributed by atoms with Crippen LogP contribution in [0, 0.1) is 0 Å². The Hall–Kier alpha value is -2.61. The first kappa shape index (κ1) is 23.4. The van der Waals surface area contributed by atoms with Gasteiger partial charge in [0.1, 0.15) is 0 Å². The van der Waals surface area contributed by atoms with E-state index in [1.165, 1.54) is 0 Å². The molecular weight excluding hydrogens is 366 g/mol. The number of ether oxygens (including phenoxy) is 4. The van der Waals surface area contributed by atoms with Gasteiger partial charge >= 0.3 is 18.0 Å². The van der Waals surface area contributed by atoms with Gasteiger partial charge in [-0.2, -0.15) is 0 Å². The molecule has 0 aliphatic heterocycles. The molecule has 0 radical (unpaired) electrons. The fraction of sp³-hybridized carbons (Fsp3) is 0.550. The van der Waals surface area contributed by atoms with Crippen LogP contribution in [0.15, 0.2) is 30.3 Å². The van der Waals surface area contributed by atoms with Crippen molar-refractivity contribution in [2.45, 2.75) is 39.8 Å². The summed E-state index contributed by atoms with van der Waals surface area (Å²) in [6, 6.07) is 8.41. The zero-order valence-corrected chi connectivity index (χ0v) is 16.7. The molecule has 1 rings (SSSR count). The molecule has 1 amide bonds. The highest BCUT2D eigenvalue weighted by Gasteiger charge is 2.32. The van der Waals surface area contributed by atoms with Crippen LogP contribution in [0.25, 0.3) is 0 Å². The summed E-state index contributed by atoms with van der Waals surface area (Å²) in [5.74, 6) is -1.09. The van der Waals surface area contributed by atoms with Crippen molar-refractivity contribution in [2.24, 2.45) is 0 Å². The van der Waals surface area contributed by atoms with E-state index < -0.39 is 24.1 Å². The molecule has 0 saturated heterocycles. The van der Waals surface area contributed by atoms with Crippen LogP contribution in [0.5, 0.6) is 0 Å². The Morgan fingerprint density at radius 1 is 0.929 bits per heavy atom. The highest BCUT2D eigenvalue weighted by Crippen LogP contribution is 2.10. The van der Waals surface area contributed by atoms with E-state index in [1.807, 2.05) is 30.3 Å². The predicted molar refractivity (Wildman–Crippen MR) is 101 cm³/mol. The van der Waals surface area contributed by atoms with Crippen molar-refractivity contribution in [3.63, 3.8) is 0 Å². The van der Waals surface area contributed by atoms with Crippen molar-refractivity contribution < 1.29 is 33.3 Å². The predicted octanol–water partition coefficient (Wildman–Crippen LogP) is 2.55. The summed E-state index contributed by atoms with van der Waals surface area (Å²) in [4.78, 5) is 37.7. The third-order valence-electron chi connectivity index (χ3n) is 3.69. The summed E-state index contributed by atoms with van der Waals surface area (Å²) in [5, 5.41) is 0. The van der Waals surface area contributed by atoms with Crippen LogP contribution in [0.3, 0.4) is 0 Å². The summed E-state index contributed by atoms with van der Waals surface area (Å²) in [5.41, 5.74) is 0.930. The lowest BCUT2D eigenvalue weighted by Crippen LogP contribution is -2.49. The molecular formula is C20H29NO7. The molecule has 0 aromatic heterocycles. The first-order valence-corrected chi connectivity index (χ1v) is 9.40. The normalized spacial score (nSPS) is 11.4. The largest absolute Gasteiger partial charge is 0.466 e. The maximum Gasteiger partial charge on any atom is 0.410 e. The van der Waals surface area contributed by atoms with E-state index in [9.17, 15) is 14.4 Å². The van der Waals surface area contributed by atoms with Gasteiger partial charge in [-0.15, -0.1) is 0 Å². The Bertz CT molecular complexity index is 606. The lowest BCUT2D eigenvalue weighted by molar-refractivity contribution is -0.153. The molecule has 1 atom stereocenters. The maximum absolute atomic E-state index is 12.4. The molecule has 8 nitrogen and oxygen atoms in total. The van der Waals surface area contributed by atoms with Crippen molar-refractivity contribution >= 4 is 18.0 Å². The van der Waals surface area contributed by atoms with E-state index in [4.69, 9.17) is 18.9 Å². The number of rotatable bonds is 12. The molecule has 0 bridgehead atoms. The van der Waals surface area contributed by atoms with Gasteiger partial charge in [0, 0.05) is 6.54 Å². The second kappa shape index (κ2) is 13.5. The molecule has 0 saturated carbocycles. The second-order valence-corrected chi connectivity index (χ2v) is 5.72. The molecule has 0 aliphatic carbocycles. The fourth-order valence-electron chi connectivity index (χ4n) is 2.41. The average Bonchev–Trinajstić information content (AvgIpc) is 2.68. The molecule has 1 aromatic rings. The summed E-state index contributed by atoms with van der Waals surface area (Å²) in [6.45, 7) is 5.69. The molecule has 0 N–H and O–H groups in total. The third kappa shape index (κ3) is 8.39. The number of esters is 2. The van der Waals surface area contributed by atoms with Gasteiger partial charge in [0.05, 0.1) is 39.5 Å². The Morgan fingerprint density at radius 2 is 1.57 bits per heavy atom. The Labute approximate surface area is 165 Å². The molecule has 0 fully saturated rings. The van der Waals surface area contributed by atoms with Gasteiger partial charge in [-0.3, -0.25) is 9.69 Å². The highest BCUT2D eigenvalue weighted by molar-refractivity contribution is 5.82. The van der Waals surface area contributed by atoms with E-state index in [0.717, 1.165) is 10.5 Å². The zero-order valence-electron chi connectivity index (χ0n) is 16.7. The minimum Gasteiger partial charge on any atom is -0.466 e. The molecule has 0 spiro atoms.